The largest absolute Gasteiger partial charge is 0.502 e. The number of carbonyl (C=O) groups is 2. The van der Waals surface area contributed by atoms with Crippen molar-refractivity contribution in [2.45, 2.75) is 20.3 Å². The Morgan fingerprint density at radius 2 is 1.94 bits per heavy atom. The first-order chi connectivity index (χ1) is 7.50. The molecule has 0 aliphatic carbocycles. The fraction of sp³-hybridized carbons (Fsp3) is 0.636. The molecule has 0 amide bonds. The van der Waals surface area contributed by atoms with Crippen molar-refractivity contribution < 1.29 is 24.2 Å². The lowest BCUT2D eigenvalue weighted by Crippen LogP contribution is -2.27. The Labute approximate surface area is 95.0 Å². The van der Waals surface area contributed by atoms with Gasteiger partial charge in [-0.3, -0.25) is 9.59 Å². The molecule has 0 aromatic heterocycles. The van der Waals surface area contributed by atoms with Crippen molar-refractivity contribution >= 4 is 11.9 Å². The van der Waals surface area contributed by atoms with Gasteiger partial charge in [0.15, 0.2) is 0 Å². The summed E-state index contributed by atoms with van der Waals surface area (Å²) in [6, 6.07) is 0. The molecule has 0 aromatic carbocycles. The van der Waals surface area contributed by atoms with Gasteiger partial charge in [-0.05, 0) is 0 Å². The minimum atomic E-state index is -1.00. The van der Waals surface area contributed by atoms with Crippen LogP contribution in [0.1, 0.15) is 20.3 Å². The molecule has 92 valence electrons. The molecule has 1 N–H and O–H groups in total. The van der Waals surface area contributed by atoms with E-state index >= 15 is 0 Å². The van der Waals surface area contributed by atoms with Crippen molar-refractivity contribution in [2.24, 2.45) is 11.8 Å². The maximum absolute atomic E-state index is 11.4. The normalized spacial score (nSPS) is 13.6. The van der Waals surface area contributed by atoms with E-state index in [2.05, 4.69) is 6.58 Å². The number of carboxylic acids is 1. The topological polar surface area (TPSA) is 72.8 Å². The Bertz CT molecular complexity index is 249. The highest BCUT2D eigenvalue weighted by atomic mass is 16.5. The zero-order chi connectivity index (χ0) is 12.6. The summed E-state index contributed by atoms with van der Waals surface area (Å²) in [4.78, 5) is 22.0. The van der Waals surface area contributed by atoms with Crippen LogP contribution in [0.2, 0.25) is 0 Å². The average molecular weight is 230 g/mol. The van der Waals surface area contributed by atoms with Crippen LogP contribution in [0, 0.1) is 11.8 Å². The van der Waals surface area contributed by atoms with Crippen LogP contribution in [0.5, 0.6) is 0 Å². The van der Waals surface area contributed by atoms with Gasteiger partial charge >= 0.3 is 11.9 Å². The van der Waals surface area contributed by atoms with E-state index in [0.717, 1.165) is 0 Å². The van der Waals surface area contributed by atoms with E-state index < -0.39 is 23.8 Å². The molecule has 0 aromatic rings. The predicted octanol–water partition coefficient (Wildman–Crippen LogP) is 1.44. The number of hydrogen-bond donors (Lipinski definition) is 1. The number of esters is 1. The van der Waals surface area contributed by atoms with E-state index in [1.54, 1.807) is 6.92 Å². The molecule has 16 heavy (non-hydrogen) atoms. The zero-order valence-electron chi connectivity index (χ0n) is 9.64. The maximum atomic E-state index is 11.4. The third-order valence-electron chi connectivity index (χ3n) is 2.28. The summed E-state index contributed by atoms with van der Waals surface area (Å²) in [5.41, 5.74) is 0. The highest BCUT2D eigenvalue weighted by Gasteiger charge is 2.26. The maximum Gasteiger partial charge on any atom is 0.309 e. The lowest BCUT2D eigenvalue weighted by atomic mass is 9.96. The SMILES string of the molecule is C=COCCCOC(=O)C(C)C(C)C(=O)O. The molecular weight excluding hydrogens is 212 g/mol. The molecule has 0 fully saturated rings. The molecule has 0 heterocycles. The molecule has 0 spiro atoms. The summed E-state index contributed by atoms with van der Waals surface area (Å²) < 4.78 is 9.75. The quantitative estimate of drug-likeness (QED) is 0.388. The Kier molecular flexibility index (Phi) is 7.00. The van der Waals surface area contributed by atoms with Gasteiger partial charge in [0.05, 0.1) is 31.3 Å². The van der Waals surface area contributed by atoms with Gasteiger partial charge in [0.1, 0.15) is 0 Å². The van der Waals surface area contributed by atoms with Crippen molar-refractivity contribution in [3.63, 3.8) is 0 Å². The Hall–Kier alpha value is -1.52. The minimum Gasteiger partial charge on any atom is -0.502 e. The van der Waals surface area contributed by atoms with E-state index in [9.17, 15) is 9.59 Å². The molecule has 0 aliphatic heterocycles. The molecule has 2 atom stereocenters. The van der Waals surface area contributed by atoms with E-state index in [4.69, 9.17) is 14.6 Å². The van der Waals surface area contributed by atoms with Gasteiger partial charge in [-0.2, -0.15) is 0 Å². The molecular formula is C11H18O5. The van der Waals surface area contributed by atoms with E-state index in [-0.39, 0.29) is 6.61 Å². The van der Waals surface area contributed by atoms with Crippen LogP contribution < -0.4 is 0 Å². The van der Waals surface area contributed by atoms with Gasteiger partial charge in [-0.15, -0.1) is 0 Å². The third kappa shape index (κ3) is 5.38. The number of rotatable bonds is 8. The molecule has 0 bridgehead atoms. The van der Waals surface area contributed by atoms with Crippen LogP contribution in [0.4, 0.5) is 0 Å². The lowest BCUT2D eigenvalue weighted by molar-refractivity contribution is -0.156. The summed E-state index contributed by atoms with van der Waals surface area (Å²) in [5, 5.41) is 8.70. The number of carboxylic acid groups (broad SMARTS) is 1. The fourth-order valence-electron chi connectivity index (χ4n) is 0.948. The van der Waals surface area contributed by atoms with Crippen molar-refractivity contribution in [1.29, 1.82) is 0 Å². The molecule has 0 saturated heterocycles. The molecule has 0 radical (unpaired) electrons. The van der Waals surface area contributed by atoms with Crippen LogP contribution >= 0.6 is 0 Å². The number of ether oxygens (including phenoxy) is 2. The van der Waals surface area contributed by atoms with Crippen LogP contribution in [-0.4, -0.2) is 30.3 Å². The second-order valence-corrected chi connectivity index (χ2v) is 3.47. The fourth-order valence-corrected chi connectivity index (χ4v) is 0.948. The summed E-state index contributed by atoms with van der Waals surface area (Å²) in [6.07, 6.45) is 1.88. The molecule has 5 heteroatoms. The molecule has 0 saturated carbocycles. The second-order valence-electron chi connectivity index (χ2n) is 3.47. The highest BCUT2D eigenvalue weighted by Crippen LogP contribution is 2.12. The first-order valence-corrected chi connectivity index (χ1v) is 5.12. The van der Waals surface area contributed by atoms with E-state index in [1.807, 2.05) is 0 Å². The zero-order valence-corrected chi connectivity index (χ0v) is 9.64. The van der Waals surface area contributed by atoms with Gasteiger partial charge in [-0.25, -0.2) is 0 Å². The lowest BCUT2D eigenvalue weighted by Gasteiger charge is -2.14. The highest BCUT2D eigenvalue weighted by molar-refractivity contribution is 5.80. The number of carbonyl (C=O) groups excluding carboxylic acids is 1. The molecule has 5 nitrogen and oxygen atoms in total. The Morgan fingerprint density at radius 3 is 2.44 bits per heavy atom. The third-order valence-corrected chi connectivity index (χ3v) is 2.28. The van der Waals surface area contributed by atoms with Crippen LogP contribution in [0.15, 0.2) is 12.8 Å². The summed E-state index contributed by atoms with van der Waals surface area (Å²) in [7, 11) is 0. The van der Waals surface area contributed by atoms with E-state index in [0.29, 0.717) is 13.0 Å². The summed E-state index contributed by atoms with van der Waals surface area (Å²) in [5.74, 6) is -2.87. The van der Waals surface area contributed by atoms with Gasteiger partial charge in [-0.1, -0.05) is 20.4 Å². The van der Waals surface area contributed by atoms with Crippen molar-refractivity contribution in [3.8, 4) is 0 Å². The number of hydrogen-bond acceptors (Lipinski definition) is 4. The molecule has 2 unspecified atom stereocenters. The average Bonchev–Trinajstić information content (AvgIpc) is 2.26. The van der Waals surface area contributed by atoms with Crippen molar-refractivity contribution in [3.05, 3.63) is 12.8 Å². The van der Waals surface area contributed by atoms with Gasteiger partial charge in [0, 0.05) is 6.42 Å². The Balaban J connectivity index is 3.79. The van der Waals surface area contributed by atoms with Crippen LogP contribution in [0.25, 0.3) is 0 Å². The van der Waals surface area contributed by atoms with Gasteiger partial charge in [0.25, 0.3) is 0 Å². The van der Waals surface area contributed by atoms with Crippen molar-refractivity contribution in [1.82, 2.24) is 0 Å². The first kappa shape index (κ1) is 14.5. The molecule has 0 aliphatic rings. The van der Waals surface area contributed by atoms with Crippen molar-refractivity contribution in [2.75, 3.05) is 13.2 Å². The summed E-state index contributed by atoms with van der Waals surface area (Å²) in [6.45, 7) is 7.05. The molecule has 0 rings (SSSR count). The minimum absolute atomic E-state index is 0.226. The standard InChI is InChI=1S/C11H18O5/c1-4-15-6-5-7-16-11(14)9(3)8(2)10(12)13/h4,8-9H,1,5-7H2,2-3H3,(H,12,13). The predicted molar refractivity (Wildman–Crippen MR) is 57.7 cm³/mol. The monoisotopic (exact) mass is 230 g/mol. The summed E-state index contributed by atoms with van der Waals surface area (Å²) >= 11 is 0. The van der Waals surface area contributed by atoms with Crippen LogP contribution in [0.3, 0.4) is 0 Å². The van der Waals surface area contributed by atoms with E-state index in [1.165, 1.54) is 13.2 Å². The van der Waals surface area contributed by atoms with Gasteiger partial charge < -0.3 is 14.6 Å². The smallest absolute Gasteiger partial charge is 0.309 e. The van der Waals surface area contributed by atoms with Gasteiger partial charge in [0.2, 0.25) is 0 Å². The first-order valence-electron chi connectivity index (χ1n) is 5.12. The Morgan fingerprint density at radius 1 is 1.31 bits per heavy atom. The number of aliphatic carboxylic acids is 1. The van der Waals surface area contributed by atoms with Crippen LogP contribution in [-0.2, 0) is 19.1 Å². The second kappa shape index (κ2) is 7.73.